The number of carbonyl (C=O) groups is 2. The number of alkyl halides is 5. The minimum Gasteiger partial charge on any atom is -0.354 e. The number of benzene rings is 1. The highest BCUT2D eigenvalue weighted by Crippen LogP contribution is 2.36. The number of hydrogen-bond acceptors (Lipinski definition) is 6. The number of likely N-dealkylation sites (N-methyl/N-ethyl adjacent to an activating group) is 1. The van der Waals surface area contributed by atoms with Gasteiger partial charge in [0.05, 0.1) is 12.1 Å². The van der Waals surface area contributed by atoms with Crippen molar-refractivity contribution in [2.24, 2.45) is 4.36 Å². The van der Waals surface area contributed by atoms with Crippen LogP contribution in [0.25, 0.3) is 0 Å². The summed E-state index contributed by atoms with van der Waals surface area (Å²) >= 11 is 0. The van der Waals surface area contributed by atoms with Gasteiger partial charge < -0.3 is 15.5 Å². The summed E-state index contributed by atoms with van der Waals surface area (Å²) in [4.78, 5) is 27.2. The molecule has 1 aromatic heterocycles. The summed E-state index contributed by atoms with van der Waals surface area (Å²) in [5.74, 6) is -4.34. The lowest BCUT2D eigenvalue weighted by atomic mass is 10.1. The van der Waals surface area contributed by atoms with E-state index in [0.29, 0.717) is 4.90 Å². The summed E-state index contributed by atoms with van der Waals surface area (Å²) in [5, 5.41) is 12.2. The molecule has 3 rings (SSSR count). The Bertz CT molecular complexity index is 1200. The average molecular weight is 547 g/mol. The fourth-order valence-electron chi connectivity index (χ4n) is 3.89. The molecule has 2 aromatic rings. The standard InChI is InChI=1S/C23H27F5N6O2S/c1-14-18(21(36)30-15-6-4-7-16(12-15)37(3)33-17(35)13-29-2)20(32-31-19(14)23(26,27)28)34-10-5-8-22(24,25)9-11-34/h4,6-7,12,29H,5,8-11,13H2,1-3H3,(H,30,36)/t37-/m0/s1. The summed E-state index contributed by atoms with van der Waals surface area (Å²) in [6.45, 7) is 1.07. The third-order valence-electron chi connectivity index (χ3n) is 5.71. The number of rotatable bonds is 6. The maximum atomic E-state index is 13.9. The third-order valence-corrected chi connectivity index (χ3v) is 7.13. The second-order valence-corrected chi connectivity index (χ2v) is 10.2. The Labute approximate surface area is 213 Å². The Balaban J connectivity index is 1.98. The van der Waals surface area contributed by atoms with Crippen molar-refractivity contribution < 1.29 is 31.5 Å². The number of anilines is 2. The number of aromatic nitrogens is 2. The van der Waals surface area contributed by atoms with E-state index in [4.69, 9.17) is 0 Å². The smallest absolute Gasteiger partial charge is 0.354 e. The first kappa shape index (κ1) is 28.6. The monoisotopic (exact) mass is 546 g/mol. The second kappa shape index (κ2) is 11.6. The highest BCUT2D eigenvalue weighted by Gasteiger charge is 2.39. The van der Waals surface area contributed by atoms with Crippen LogP contribution >= 0.6 is 0 Å². The van der Waals surface area contributed by atoms with E-state index in [9.17, 15) is 31.5 Å². The lowest BCUT2D eigenvalue weighted by molar-refractivity contribution is -0.142. The lowest BCUT2D eigenvalue weighted by Gasteiger charge is -2.25. The zero-order valence-corrected chi connectivity index (χ0v) is 21.3. The molecule has 0 unspecified atom stereocenters. The van der Waals surface area contributed by atoms with Gasteiger partial charge in [-0.1, -0.05) is 16.8 Å². The molecule has 2 amide bonds. The molecule has 2 heterocycles. The Morgan fingerprint density at radius 2 is 1.92 bits per heavy atom. The molecule has 1 aliphatic rings. The number of nitrogens with zero attached hydrogens (tertiary/aromatic N) is 4. The number of nitrogens with one attached hydrogen (secondary N) is 2. The predicted octanol–water partition coefficient (Wildman–Crippen LogP) is 4.22. The largest absolute Gasteiger partial charge is 0.435 e. The molecule has 1 atom stereocenters. The van der Waals surface area contributed by atoms with Crippen molar-refractivity contribution in [3.8, 4) is 0 Å². The summed E-state index contributed by atoms with van der Waals surface area (Å²) in [6, 6.07) is 6.43. The van der Waals surface area contributed by atoms with Gasteiger partial charge in [0.15, 0.2) is 11.5 Å². The first-order chi connectivity index (χ1) is 17.3. The van der Waals surface area contributed by atoms with Gasteiger partial charge in [0.2, 0.25) is 5.92 Å². The summed E-state index contributed by atoms with van der Waals surface area (Å²) in [7, 11) is 0.776. The highest BCUT2D eigenvalue weighted by atomic mass is 32.2. The van der Waals surface area contributed by atoms with E-state index in [0.717, 1.165) is 6.92 Å². The van der Waals surface area contributed by atoms with E-state index in [1.807, 2.05) is 0 Å². The first-order valence-electron chi connectivity index (χ1n) is 11.4. The SMILES string of the molecule is CNCC(=O)N=[S@@](C)c1cccc(NC(=O)c2c(N3CCCC(F)(F)CC3)nnc(C(F)(F)F)c2C)c1. The molecule has 0 radical (unpaired) electrons. The van der Waals surface area contributed by atoms with E-state index in [1.54, 1.807) is 31.5 Å². The molecule has 8 nitrogen and oxygen atoms in total. The van der Waals surface area contributed by atoms with Gasteiger partial charge in [-0.2, -0.15) is 17.5 Å². The quantitative estimate of drug-likeness (QED) is 0.527. The Hall–Kier alpha value is -3.00. The minimum absolute atomic E-state index is 0.0643. The van der Waals surface area contributed by atoms with E-state index in [1.165, 1.54) is 11.0 Å². The fourth-order valence-corrected chi connectivity index (χ4v) is 4.94. The van der Waals surface area contributed by atoms with Crippen LogP contribution in [-0.4, -0.2) is 60.9 Å². The van der Waals surface area contributed by atoms with Gasteiger partial charge in [-0.25, -0.2) is 8.78 Å². The van der Waals surface area contributed by atoms with Gasteiger partial charge in [0, 0.05) is 36.5 Å². The van der Waals surface area contributed by atoms with Crippen molar-refractivity contribution in [2.75, 3.05) is 43.2 Å². The van der Waals surface area contributed by atoms with Crippen molar-refractivity contribution in [1.29, 1.82) is 0 Å². The van der Waals surface area contributed by atoms with Crippen molar-refractivity contribution in [3.63, 3.8) is 0 Å². The molecule has 1 aromatic carbocycles. The molecule has 37 heavy (non-hydrogen) atoms. The highest BCUT2D eigenvalue weighted by molar-refractivity contribution is 7.87. The maximum Gasteiger partial charge on any atom is 0.435 e. The summed E-state index contributed by atoms with van der Waals surface area (Å²) in [5.41, 5.74) is -1.91. The summed E-state index contributed by atoms with van der Waals surface area (Å²) in [6.07, 6.45) is -3.97. The van der Waals surface area contributed by atoms with Crippen LogP contribution in [0.2, 0.25) is 0 Å². The fraction of sp³-hybridized carbons (Fsp3) is 0.478. The average Bonchev–Trinajstić information content (AvgIpc) is 2.98. The van der Waals surface area contributed by atoms with Crippen molar-refractivity contribution in [3.05, 3.63) is 41.1 Å². The Morgan fingerprint density at radius 3 is 2.59 bits per heavy atom. The van der Waals surface area contributed by atoms with E-state index >= 15 is 0 Å². The van der Waals surface area contributed by atoms with Crippen LogP contribution in [0.15, 0.2) is 33.5 Å². The van der Waals surface area contributed by atoms with Crippen LogP contribution in [0.1, 0.15) is 40.9 Å². The van der Waals surface area contributed by atoms with E-state index in [2.05, 4.69) is 25.2 Å². The zero-order valence-electron chi connectivity index (χ0n) is 20.5. The number of amides is 2. The molecule has 1 fully saturated rings. The van der Waals surface area contributed by atoms with Gasteiger partial charge >= 0.3 is 6.18 Å². The zero-order chi connectivity index (χ0) is 27.4. The predicted molar refractivity (Wildman–Crippen MR) is 130 cm³/mol. The molecular weight excluding hydrogens is 519 g/mol. The van der Waals surface area contributed by atoms with Gasteiger partial charge in [-0.05, 0) is 50.4 Å². The van der Waals surface area contributed by atoms with Crippen LogP contribution in [0.3, 0.4) is 0 Å². The third kappa shape index (κ3) is 7.28. The molecule has 0 saturated carbocycles. The molecule has 202 valence electrons. The van der Waals surface area contributed by atoms with Gasteiger partial charge in [-0.15, -0.1) is 10.2 Å². The summed E-state index contributed by atoms with van der Waals surface area (Å²) < 4.78 is 72.6. The molecule has 0 aliphatic carbocycles. The van der Waals surface area contributed by atoms with Crippen LogP contribution in [-0.2, 0) is 21.7 Å². The number of carbonyl (C=O) groups excluding carboxylic acids is 2. The second-order valence-electron chi connectivity index (χ2n) is 8.54. The number of hydrogen-bond donors (Lipinski definition) is 2. The van der Waals surface area contributed by atoms with Crippen LogP contribution in [0, 0.1) is 6.92 Å². The molecule has 14 heteroatoms. The first-order valence-corrected chi connectivity index (χ1v) is 13.0. The van der Waals surface area contributed by atoms with Crippen molar-refractivity contribution in [1.82, 2.24) is 15.5 Å². The van der Waals surface area contributed by atoms with Gasteiger partial charge in [-0.3, -0.25) is 9.59 Å². The Morgan fingerprint density at radius 1 is 1.19 bits per heavy atom. The molecular formula is C23H27F5N6O2S. The molecule has 1 aliphatic heterocycles. The van der Waals surface area contributed by atoms with Crippen LogP contribution < -0.4 is 15.5 Å². The molecule has 0 bridgehead atoms. The normalized spacial score (nSPS) is 16.8. The minimum atomic E-state index is -4.87. The maximum absolute atomic E-state index is 13.9. The van der Waals surface area contributed by atoms with Gasteiger partial charge in [0.1, 0.15) is 0 Å². The van der Waals surface area contributed by atoms with Crippen molar-refractivity contribution >= 4 is 34.0 Å². The lowest BCUT2D eigenvalue weighted by Crippen LogP contribution is -2.31. The topological polar surface area (TPSA) is 99.6 Å². The Kier molecular flexibility index (Phi) is 8.95. The van der Waals surface area contributed by atoms with Crippen LogP contribution in [0.5, 0.6) is 0 Å². The van der Waals surface area contributed by atoms with E-state index in [-0.39, 0.29) is 55.5 Å². The molecule has 1 saturated heterocycles. The van der Waals surface area contributed by atoms with Crippen LogP contribution in [0.4, 0.5) is 33.5 Å². The molecule has 0 spiro atoms. The van der Waals surface area contributed by atoms with Crippen molar-refractivity contribution in [2.45, 2.75) is 43.2 Å². The van der Waals surface area contributed by atoms with E-state index < -0.39 is 46.4 Å². The number of halogens is 5. The van der Waals surface area contributed by atoms with Gasteiger partial charge in [0.25, 0.3) is 11.8 Å². The molecule has 2 N–H and O–H groups in total.